The standard InChI is InChI=1S/C14H10ClNO3/c15-13-4-2-1-3-11(13)7-10-5-6-14(16(18)19)12(8-10)9-17/h1-6,8-9H,7H2. The quantitative estimate of drug-likeness (QED) is 0.486. The van der Waals surface area contributed by atoms with E-state index in [2.05, 4.69) is 0 Å². The first kappa shape index (κ1) is 13.2. The average Bonchev–Trinajstić information content (AvgIpc) is 2.41. The zero-order chi connectivity index (χ0) is 13.8. The summed E-state index contributed by atoms with van der Waals surface area (Å²) >= 11 is 6.05. The second-order valence-corrected chi connectivity index (χ2v) is 4.44. The Kier molecular flexibility index (Phi) is 3.92. The van der Waals surface area contributed by atoms with Crippen LogP contribution in [0.3, 0.4) is 0 Å². The van der Waals surface area contributed by atoms with E-state index in [-0.39, 0.29) is 11.3 Å². The highest BCUT2D eigenvalue weighted by atomic mass is 35.5. The first-order valence-corrected chi connectivity index (χ1v) is 5.95. The van der Waals surface area contributed by atoms with Gasteiger partial charge in [0.2, 0.25) is 0 Å². The van der Waals surface area contributed by atoms with Crippen LogP contribution in [0.2, 0.25) is 5.02 Å². The fraction of sp³-hybridized carbons (Fsp3) is 0.0714. The lowest BCUT2D eigenvalue weighted by Crippen LogP contribution is -1.97. The van der Waals surface area contributed by atoms with E-state index < -0.39 is 4.92 Å². The molecule has 5 heteroatoms. The average molecular weight is 276 g/mol. The minimum Gasteiger partial charge on any atom is -0.298 e. The zero-order valence-electron chi connectivity index (χ0n) is 9.88. The number of nitrogens with zero attached hydrogens (tertiary/aromatic N) is 1. The molecule has 19 heavy (non-hydrogen) atoms. The summed E-state index contributed by atoms with van der Waals surface area (Å²) in [6.07, 6.45) is 1.02. The summed E-state index contributed by atoms with van der Waals surface area (Å²) < 4.78 is 0. The van der Waals surface area contributed by atoms with Gasteiger partial charge in [-0.1, -0.05) is 35.9 Å². The molecule has 0 radical (unpaired) electrons. The Morgan fingerprint density at radius 3 is 2.58 bits per heavy atom. The molecular formula is C14H10ClNO3. The smallest absolute Gasteiger partial charge is 0.279 e. The maximum Gasteiger partial charge on any atom is 0.279 e. The Labute approximate surface area is 114 Å². The summed E-state index contributed by atoms with van der Waals surface area (Å²) in [6, 6.07) is 11.9. The van der Waals surface area contributed by atoms with E-state index in [1.54, 1.807) is 12.1 Å². The number of halogens is 1. The molecule has 0 aromatic heterocycles. The van der Waals surface area contributed by atoms with Crippen LogP contribution in [0, 0.1) is 10.1 Å². The van der Waals surface area contributed by atoms with Crippen molar-refractivity contribution in [1.29, 1.82) is 0 Å². The monoisotopic (exact) mass is 275 g/mol. The van der Waals surface area contributed by atoms with Crippen LogP contribution in [-0.2, 0) is 6.42 Å². The molecule has 0 aliphatic carbocycles. The van der Waals surface area contributed by atoms with Crippen LogP contribution in [0.15, 0.2) is 42.5 Å². The topological polar surface area (TPSA) is 60.2 Å². The highest BCUT2D eigenvalue weighted by Crippen LogP contribution is 2.23. The van der Waals surface area contributed by atoms with E-state index >= 15 is 0 Å². The van der Waals surface area contributed by atoms with Gasteiger partial charge in [-0.2, -0.15) is 0 Å². The summed E-state index contributed by atoms with van der Waals surface area (Å²) in [5, 5.41) is 11.4. The predicted octanol–water partition coefficient (Wildman–Crippen LogP) is 3.65. The van der Waals surface area contributed by atoms with Crippen molar-refractivity contribution in [3.63, 3.8) is 0 Å². The van der Waals surface area contributed by atoms with E-state index in [1.165, 1.54) is 12.1 Å². The summed E-state index contributed by atoms with van der Waals surface area (Å²) in [6.45, 7) is 0. The van der Waals surface area contributed by atoms with Crippen LogP contribution >= 0.6 is 11.6 Å². The lowest BCUT2D eigenvalue weighted by molar-refractivity contribution is -0.385. The van der Waals surface area contributed by atoms with Gasteiger partial charge >= 0.3 is 0 Å². The fourth-order valence-corrected chi connectivity index (χ4v) is 2.04. The van der Waals surface area contributed by atoms with Gasteiger partial charge in [-0.25, -0.2) is 0 Å². The summed E-state index contributed by atoms with van der Waals surface area (Å²) in [7, 11) is 0. The van der Waals surface area contributed by atoms with Crippen LogP contribution in [-0.4, -0.2) is 11.2 Å². The van der Waals surface area contributed by atoms with Crippen molar-refractivity contribution in [2.45, 2.75) is 6.42 Å². The third-order valence-corrected chi connectivity index (χ3v) is 3.14. The Bertz CT molecular complexity index is 640. The van der Waals surface area contributed by atoms with Gasteiger partial charge in [0.15, 0.2) is 6.29 Å². The largest absolute Gasteiger partial charge is 0.298 e. The maximum atomic E-state index is 10.9. The van der Waals surface area contributed by atoms with E-state index in [1.807, 2.05) is 18.2 Å². The van der Waals surface area contributed by atoms with Crippen LogP contribution in [0.4, 0.5) is 5.69 Å². The molecule has 0 amide bonds. The first-order valence-electron chi connectivity index (χ1n) is 5.57. The van der Waals surface area contributed by atoms with Crippen molar-refractivity contribution in [3.05, 3.63) is 74.3 Å². The highest BCUT2D eigenvalue weighted by Gasteiger charge is 2.13. The molecule has 4 nitrogen and oxygen atoms in total. The predicted molar refractivity (Wildman–Crippen MR) is 72.7 cm³/mol. The molecule has 0 bridgehead atoms. The molecule has 0 atom stereocenters. The summed E-state index contributed by atoms with van der Waals surface area (Å²) in [5.41, 5.74) is 1.61. The minimum absolute atomic E-state index is 0.0783. The number of carbonyl (C=O) groups is 1. The van der Waals surface area contributed by atoms with Gasteiger partial charge in [0, 0.05) is 11.1 Å². The molecule has 96 valence electrons. The van der Waals surface area contributed by atoms with Crippen molar-refractivity contribution in [1.82, 2.24) is 0 Å². The Morgan fingerprint density at radius 2 is 1.95 bits per heavy atom. The molecular weight excluding hydrogens is 266 g/mol. The SMILES string of the molecule is O=Cc1cc(Cc2ccccc2Cl)ccc1[N+](=O)[O-]. The second kappa shape index (κ2) is 5.63. The van der Waals surface area contributed by atoms with Gasteiger partial charge in [0.25, 0.3) is 5.69 Å². The van der Waals surface area contributed by atoms with Gasteiger partial charge in [-0.3, -0.25) is 14.9 Å². The number of rotatable bonds is 4. The first-order chi connectivity index (χ1) is 9.11. The molecule has 0 heterocycles. The number of nitro benzene ring substituents is 1. The van der Waals surface area contributed by atoms with Crippen LogP contribution in [0.5, 0.6) is 0 Å². The Morgan fingerprint density at radius 1 is 1.21 bits per heavy atom. The van der Waals surface area contributed by atoms with Crippen LogP contribution < -0.4 is 0 Å². The van der Waals surface area contributed by atoms with Crippen molar-refractivity contribution >= 4 is 23.6 Å². The minimum atomic E-state index is -0.566. The molecule has 0 aliphatic rings. The molecule has 0 saturated carbocycles. The maximum absolute atomic E-state index is 10.9. The number of carbonyl (C=O) groups excluding carboxylic acids is 1. The molecule has 2 aromatic rings. The lowest BCUT2D eigenvalue weighted by atomic mass is 10.0. The molecule has 2 aromatic carbocycles. The van der Waals surface area contributed by atoms with Crippen molar-refractivity contribution in [3.8, 4) is 0 Å². The fourth-order valence-electron chi connectivity index (χ4n) is 1.84. The third-order valence-electron chi connectivity index (χ3n) is 2.77. The molecule has 0 N–H and O–H groups in total. The molecule has 0 fully saturated rings. The van der Waals surface area contributed by atoms with Crippen LogP contribution in [0.1, 0.15) is 21.5 Å². The number of hydrogen-bond donors (Lipinski definition) is 0. The molecule has 0 spiro atoms. The second-order valence-electron chi connectivity index (χ2n) is 4.04. The number of nitro groups is 1. The number of benzene rings is 2. The zero-order valence-corrected chi connectivity index (χ0v) is 10.6. The van der Waals surface area contributed by atoms with E-state index in [0.29, 0.717) is 17.7 Å². The molecule has 2 rings (SSSR count). The number of aldehydes is 1. The van der Waals surface area contributed by atoms with Crippen molar-refractivity contribution in [2.75, 3.05) is 0 Å². The summed E-state index contributed by atoms with van der Waals surface area (Å²) in [5.74, 6) is 0. The molecule has 0 saturated heterocycles. The van der Waals surface area contributed by atoms with Crippen molar-refractivity contribution < 1.29 is 9.72 Å². The molecule has 0 unspecified atom stereocenters. The van der Waals surface area contributed by atoms with Gasteiger partial charge in [-0.15, -0.1) is 0 Å². The van der Waals surface area contributed by atoms with Crippen LogP contribution in [0.25, 0.3) is 0 Å². The lowest BCUT2D eigenvalue weighted by Gasteiger charge is -2.05. The Balaban J connectivity index is 2.35. The van der Waals surface area contributed by atoms with E-state index in [0.717, 1.165) is 11.1 Å². The number of hydrogen-bond acceptors (Lipinski definition) is 3. The van der Waals surface area contributed by atoms with Gasteiger partial charge < -0.3 is 0 Å². The van der Waals surface area contributed by atoms with E-state index in [9.17, 15) is 14.9 Å². The van der Waals surface area contributed by atoms with Gasteiger partial charge in [-0.05, 0) is 29.7 Å². The van der Waals surface area contributed by atoms with Gasteiger partial charge in [0.1, 0.15) is 0 Å². The van der Waals surface area contributed by atoms with Gasteiger partial charge in [0.05, 0.1) is 10.5 Å². The highest BCUT2D eigenvalue weighted by molar-refractivity contribution is 6.31. The van der Waals surface area contributed by atoms with E-state index in [4.69, 9.17) is 11.6 Å². The van der Waals surface area contributed by atoms with Crippen molar-refractivity contribution in [2.24, 2.45) is 0 Å². The third kappa shape index (κ3) is 2.98. The molecule has 0 aliphatic heterocycles. The normalized spacial score (nSPS) is 10.2. The summed E-state index contributed by atoms with van der Waals surface area (Å²) in [4.78, 5) is 21.0. The Hall–Kier alpha value is -2.20.